The Labute approximate surface area is 93.5 Å². The second-order valence-electron chi connectivity index (χ2n) is 5.06. The smallest absolute Gasteiger partial charge is 0.0168 e. The fourth-order valence-corrected chi connectivity index (χ4v) is 2.73. The lowest BCUT2D eigenvalue weighted by Gasteiger charge is -2.31. The number of likely N-dealkylation sites (tertiary alicyclic amines) is 1. The Hall–Kier alpha value is -0.340. The summed E-state index contributed by atoms with van der Waals surface area (Å²) in [5.74, 6) is 0. The molecule has 2 aliphatic rings. The van der Waals surface area contributed by atoms with Crippen molar-refractivity contribution in [3.8, 4) is 0 Å². The van der Waals surface area contributed by atoms with Gasteiger partial charge in [-0.05, 0) is 51.5 Å². The summed E-state index contributed by atoms with van der Waals surface area (Å²) in [6.45, 7) is 3.62. The summed E-state index contributed by atoms with van der Waals surface area (Å²) in [6, 6.07) is 0.430. The Morgan fingerprint density at radius 1 is 1.33 bits per heavy atom. The van der Waals surface area contributed by atoms with Gasteiger partial charge in [-0.2, -0.15) is 0 Å². The summed E-state index contributed by atoms with van der Waals surface area (Å²) in [7, 11) is 0. The summed E-state index contributed by atoms with van der Waals surface area (Å²) in [5.41, 5.74) is 7.67. The second kappa shape index (κ2) is 5.66. The molecule has 1 unspecified atom stereocenters. The highest BCUT2D eigenvalue weighted by Crippen LogP contribution is 2.20. The van der Waals surface area contributed by atoms with E-state index in [2.05, 4.69) is 11.0 Å². The molecule has 2 nitrogen and oxygen atoms in total. The predicted molar refractivity (Wildman–Crippen MR) is 64.8 cm³/mol. The first-order valence-electron chi connectivity index (χ1n) is 6.50. The van der Waals surface area contributed by atoms with Crippen LogP contribution < -0.4 is 5.73 Å². The van der Waals surface area contributed by atoms with E-state index in [1.807, 2.05) is 0 Å². The molecule has 1 saturated heterocycles. The van der Waals surface area contributed by atoms with Gasteiger partial charge >= 0.3 is 0 Å². The maximum atomic E-state index is 5.98. The van der Waals surface area contributed by atoms with Gasteiger partial charge in [0, 0.05) is 19.1 Å². The van der Waals surface area contributed by atoms with E-state index >= 15 is 0 Å². The zero-order valence-electron chi connectivity index (χ0n) is 9.75. The molecule has 2 rings (SSSR count). The van der Waals surface area contributed by atoms with Crippen LogP contribution in [-0.2, 0) is 0 Å². The van der Waals surface area contributed by atoms with E-state index in [0.717, 1.165) is 6.54 Å². The number of nitrogens with zero attached hydrogens (tertiary/aromatic N) is 1. The number of nitrogens with two attached hydrogens (primary N) is 1. The van der Waals surface area contributed by atoms with Crippen LogP contribution in [0.5, 0.6) is 0 Å². The van der Waals surface area contributed by atoms with E-state index in [4.69, 9.17) is 5.73 Å². The largest absolute Gasteiger partial charge is 0.327 e. The van der Waals surface area contributed by atoms with Crippen molar-refractivity contribution in [2.75, 3.05) is 19.6 Å². The van der Waals surface area contributed by atoms with Gasteiger partial charge in [0.1, 0.15) is 0 Å². The van der Waals surface area contributed by atoms with E-state index < -0.39 is 0 Å². The molecule has 1 fully saturated rings. The van der Waals surface area contributed by atoms with Gasteiger partial charge in [0.15, 0.2) is 0 Å². The molecule has 0 amide bonds. The Kier molecular flexibility index (Phi) is 4.21. The van der Waals surface area contributed by atoms with Crippen molar-refractivity contribution in [2.45, 2.75) is 51.0 Å². The second-order valence-corrected chi connectivity index (χ2v) is 5.06. The fourth-order valence-electron chi connectivity index (χ4n) is 2.73. The Bertz CT molecular complexity index is 223. The van der Waals surface area contributed by atoms with Crippen LogP contribution in [0.4, 0.5) is 0 Å². The van der Waals surface area contributed by atoms with Crippen LogP contribution in [0.1, 0.15) is 44.9 Å². The molecule has 1 aliphatic heterocycles. The summed E-state index contributed by atoms with van der Waals surface area (Å²) in [5, 5.41) is 0. The Balaban J connectivity index is 1.70. The van der Waals surface area contributed by atoms with Gasteiger partial charge in [0.2, 0.25) is 0 Å². The molecule has 0 radical (unpaired) electrons. The van der Waals surface area contributed by atoms with E-state index in [1.165, 1.54) is 58.0 Å². The van der Waals surface area contributed by atoms with E-state index in [1.54, 1.807) is 5.57 Å². The molecule has 0 saturated carbocycles. The monoisotopic (exact) mass is 208 g/mol. The van der Waals surface area contributed by atoms with Crippen LogP contribution >= 0.6 is 0 Å². The quantitative estimate of drug-likeness (QED) is 0.721. The number of rotatable bonds is 3. The minimum atomic E-state index is 0.430. The van der Waals surface area contributed by atoms with Crippen LogP contribution in [0.15, 0.2) is 11.6 Å². The standard InChI is InChI=1S/C13H24N2/c14-13-7-4-9-15(11-13)10-8-12-5-2-1-3-6-12/h5,13H,1-4,6-11,14H2. The molecular weight excluding hydrogens is 184 g/mol. The van der Waals surface area contributed by atoms with Gasteiger partial charge in [-0.1, -0.05) is 11.6 Å². The first-order valence-corrected chi connectivity index (χ1v) is 6.50. The average molecular weight is 208 g/mol. The summed E-state index contributed by atoms with van der Waals surface area (Å²) >= 11 is 0. The lowest BCUT2D eigenvalue weighted by Crippen LogP contribution is -2.43. The third-order valence-corrected chi connectivity index (χ3v) is 3.68. The maximum Gasteiger partial charge on any atom is 0.0168 e. The van der Waals surface area contributed by atoms with Crippen molar-refractivity contribution < 1.29 is 0 Å². The van der Waals surface area contributed by atoms with Crippen LogP contribution in [0, 0.1) is 0 Å². The molecule has 0 aromatic carbocycles. The normalized spacial score (nSPS) is 28.9. The number of hydrogen-bond donors (Lipinski definition) is 1. The Morgan fingerprint density at radius 2 is 2.27 bits per heavy atom. The minimum absolute atomic E-state index is 0.430. The topological polar surface area (TPSA) is 29.3 Å². The molecular formula is C13H24N2. The van der Waals surface area contributed by atoms with Crippen molar-refractivity contribution in [1.82, 2.24) is 4.90 Å². The predicted octanol–water partition coefficient (Wildman–Crippen LogP) is 2.30. The zero-order chi connectivity index (χ0) is 10.5. The molecule has 1 atom stereocenters. The van der Waals surface area contributed by atoms with Crippen molar-refractivity contribution >= 4 is 0 Å². The highest BCUT2D eigenvalue weighted by Gasteiger charge is 2.16. The molecule has 0 aromatic heterocycles. The first-order chi connectivity index (χ1) is 7.34. The van der Waals surface area contributed by atoms with Crippen molar-refractivity contribution in [3.63, 3.8) is 0 Å². The van der Waals surface area contributed by atoms with Crippen LogP contribution in [0.3, 0.4) is 0 Å². The fraction of sp³-hybridized carbons (Fsp3) is 0.846. The number of piperidine rings is 1. The summed E-state index contributed by atoms with van der Waals surface area (Å²) < 4.78 is 0. The van der Waals surface area contributed by atoms with Gasteiger partial charge in [-0.25, -0.2) is 0 Å². The zero-order valence-corrected chi connectivity index (χ0v) is 9.75. The van der Waals surface area contributed by atoms with Gasteiger partial charge in [0.25, 0.3) is 0 Å². The van der Waals surface area contributed by atoms with E-state index in [0.29, 0.717) is 6.04 Å². The SMILES string of the molecule is NC1CCCN(CCC2=CCCCC2)C1. The molecule has 0 aromatic rings. The van der Waals surface area contributed by atoms with Gasteiger partial charge in [0.05, 0.1) is 0 Å². The van der Waals surface area contributed by atoms with Crippen LogP contribution in [-0.4, -0.2) is 30.6 Å². The van der Waals surface area contributed by atoms with Crippen molar-refractivity contribution in [2.24, 2.45) is 5.73 Å². The first kappa shape index (κ1) is 11.2. The summed E-state index contributed by atoms with van der Waals surface area (Å²) in [4.78, 5) is 2.55. The van der Waals surface area contributed by atoms with Crippen LogP contribution in [0.2, 0.25) is 0 Å². The van der Waals surface area contributed by atoms with Gasteiger partial charge < -0.3 is 10.6 Å². The molecule has 2 N–H and O–H groups in total. The Morgan fingerprint density at radius 3 is 3.00 bits per heavy atom. The van der Waals surface area contributed by atoms with E-state index in [9.17, 15) is 0 Å². The lowest BCUT2D eigenvalue weighted by atomic mass is 9.96. The highest BCUT2D eigenvalue weighted by molar-refractivity contribution is 5.05. The number of allylic oxidation sites excluding steroid dienone is 1. The average Bonchev–Trinajstić information content (AvgIpc) is 2.28. The highest BCUT2D eigenvalue weighted by atomic mass is 15.1. The number of hydrogen-bond acceptors (Lipinski definition) is 2. The molecule has 2 heteroatoms. The molecule has 86 valence electrons. The maximum absolute atomic E-state index is 5.98. The minimum Gasteiger partial charge on any atom is -0.327 e. The molecule has 0 spiro atoms. The van der Waals surface area contributed by atoms with E-state index in [-0.39, 0.29) is 0 Å². The van der Waals surface area contributed by atoms with Gasteiger partial charge in [-0.15, -0.1) is 0 Å². The molecule has 1 aliphatic carbocycles. The third kappa shape index (κ3) is 3.62. The third-order valence-electron chi connectivity index (χ3n) is 3.68. The molecule has 15 heavy (non-hydrogen) atoms. The van der Waals surface area contributed by atoms with Crippen molar-refractivity contribution in [1.29, 1.82) is 0 Å². The molecule has 1 heterocycles. The van der Waals surface area contributed by atoms with Gasteiger partial charge in [-0.3, -0.25) is 0 Å². The van der Waals surface area contributed by atoms with Crippen LogP contribution in [0.25, 0.3) is 0 Å². The lowest BCUT2D eigenvalue weighted by molar-refractivity contribution is 0.210. The molecule has 0 bridgehead atoms. The van der Waals surface area contributed by atoms with Crippen molar-refractivity contribution in [3.05, 3.63) is 11.6 Å². The summed E-state index contributed by atoms with van der Waals surface area (Å²) in [6.07, 6.45) is 11.7.